The third-order valence-electron chi connectivity index (χ3n) is 3.91. The standard InChI is InChI=1S/2C10H10O/c1-7-3-4-10-9(5-7)8(2)6-11-10;1-7-4-3-5-9-8(2)6-11-10(7)9/h2*3-6H,1-2H3. The SMILES string of the molecule is Cc1ccc2occ(C)c2c1.Cc1coc2c(C)cccc12. The van der Waals surface area contributed by atoms with Crippen molar-refractivity contribution in [3.63, 3.8) is 0 Å². The summed E-state index contributed by atoms with van der Waals surface area (Å²) in [6.45, 7) is 8.27. The van der Waals surface area contributed by atoms with Crippen LogP contribution in [0, 0.1) is 27.7 Å². The van der Waals surface area contributed by atoms with Gasteiger partial charge in [0.1, 0.15) is 11.2 Å². The van der Waals surface area contributed by atoms with E-state index in [1.807, 2.05) is 6.07 Å². The molecule has 0 aliphatic heterocycles. The van der Waals surface area contributed by atoms with Crippen LogP contribution >= 0.6 is 0 Å². The summed E-state index contributed by atoms with van der Waals surface area (Å²) < 4.78 is 10.7. The lowest BCUT2D eigenvalue weighted by Crippen LogP contribution is -1.71. The molecule has 0 fully saturated rings. The topological polar surface area (TPSA) is 26.3 Å². The molecule has 2 heterocycles. The maximum atomic E-state index is 5.38. The first-order chi connectivity index (χ1) is 10.6. The summed E-state index contributed by atoms with van der Waals surface area (Å²) in [5, 5.41) is 2.45. The largest absolute Gasteiger partial charge is 0.464 e. The Kier molecular flexibility index (Phi) is 3.76. The molecule has 0 unspecified atom stereocenters. The summed E-state index contributed by atoms with van der Waals surface area (Å²) >= 11 is 0. The van der Waals surface area contributed by atoms with Crippen LogP contribution in [0.5, 0.6) is 0 Å². The van der Waals surface area contributed by atoms with Crippen molar-refractivity contribution in [2.45, 2.75) is 27.7 Å². The number of furan rings is 2. The summed E-state index contributed by atoms with van der Waals surface area (Å²) in [6, 6.07) is 12.4. The molecule has 0 aliphatic rings. The number of benzene rings is 2. The van der Waals surface area contributed by atoms with Crippen LogP contribution in [0.25, 0.3) is 21.9 Å². The quantitative estimate of drug-likeness (QED) is 0.391. The molecule has 0 saturated heterocycles. The fourth-order valence-electron chi connectivity index (χ4n) is 2.60. The molecular weight excluding hydrogens is 272 g/mol. The molecule has 0 bridgehead atoms. The van der Waals surface area contributed by atoms with Crippen molar-refractivity contribution >= 4 is 21.9 Å². The zero-order valence-corrected chi connectivity index (χ0v) is 13.4. The molecule has 0 saturated carbocycles. The van der Waals surface area contributed by atoms with Gasteiger partial charge < -0.3 is 8.83 Å². The molecule has 112 valence electrons. The van der Waals surface area contributed by atoms with E-state index in [0.717, 1.165) is 11.2 Å². The number of fused-ring (bicyclic) bond motifs is 2. The Balaban J connectivity index is 0.000000131. The lowest BCUT2D eigenvalue weighted by molar-refractivity contribution is 0.610. The fourth-order valence-corrected chi connectivity index (χ4v) is 2.60. The molecular formula is C20H20O2. The van der Waals surface area contributed by atoms with Crippen LogP contribution in [-0.4, -0.2) is 0 Å². The summed E-state index contributed by atoms with van der Waals surface area (Å²) in [7, 11) is 0. The number of aryl methyl sites for hydroxylation is 4. The second kappa shape index (κ2) is 5.72. The Labute approximate surface area is 130 Å². The van der Waals surface area contributed by atoms with E-state index in [1.165, 1.54) is 33.0 Å². The Morgan fingerprint density at radius 1 is 0.682 bits per heavy atom. The Hall–Kier alpha value is -2.48. The minimum atomic E-state index is 0.980. The smallest absolute Gasteiger partial charge is 0.137 e. The summed E-state index contributed by atoms with van der Waals surface area (Å²) in [5.74, 6) is 0. The van der Waals surface area contributed by atoms with Crippen molar-refractivity contribution in [1.29, 1.82) is 0 Å². The van der Waals surface area contributed by atoms with Crippen LogP contribution in [0.3, 0.4) is 0 Å². The maximum Gasteiger partial charge on any atom is 0.137 e. The predicted octanol–water partition coefficient (Wildman–Crippen LogP) is 6.10. The molecule has 0 radical (unpaired) electrons. The summed E-state index contributed by atoms with van der Waals surface area (Å²) in [6.07, 6.45) is 3.60. The van der Waals surface area contributed by atoms with Crippen LogP contribution in [0.2, 0.25) is 0 Å². The van der Waals surface area contributed by atoms with Gasteiger partial charge >= 0.3 is 0 Å². The normalized spacial score (nSPS) is 10.7. The van der Waals surface area contributed by atoms with E-state index in [2.05, 4.69) is 58.0 Å². The minimum absolute atomic E-state index is 0.980. The molecule has 2 heteroatoms. The van der Waals surface area contributed by atoms with Crippen molar-refractivity contribution < 1.29 is 8.83 Å². The number of hydrogen-bond acceptors (Lipinski definition) is 2. The van der Waals surface area contributed by atoms with Gasteiger partial charge in [-0.3, -0.25) is 0 Å². The second-order valence-electron chi connectivity index (χ2n) is 5.79. The van der Waals surface area contributed by atoms with Gasteiger partial charge in [0.2, 0.25) is 0 Å². The van der Waals surface area contributed by atoms with E-state index in [0.29, 0.717) is 0 Å². The maximum absolute atomic E-state index is 5.38. The van der Waals surface area contributed by atoms with E-state index < -0.39 is 0 Å². The molecule has 4 rings (SSSR count). The Morgan fingerprint density at radius 3 is 2.18 bits per heavy atom. The van der Waals surface area contributed by atoms with Crippen LogP contribution in [0.4, 0.5) is 0 Å². The van der Waals surface area contributed by atoms with Crippen molar-refractivity contribution in [2.75, 3.05) is 0 Å². The van der Waals surface area contributed by atoms with Gasteiger partial charge in [-0.05, 0) is 56.5 Å². The molecule has 2 aromatic carbocycles. The number of rotatable bonds is 0. The van der Waals surface area contributed by atoms with Gasteiger partial charge in [-0.1, -0.05) is 29.8 Å². The molecule has 0 spiro atoms. The van der Waals surface area contributed by atoms with Gasteiger partial charge in [0.25, 0.3) is 0 Å². The van der Waals surface area contributed by atoms with E-state index in [9.17, 15) is 0 Å². The molecule has 0 amide bonds. The Morgan fingerprint density at radius 2 is 1.41 bits per heavy atom. The zero-order valence-electron chi connectivity index (χ0n) is 13.4. The number of hydrogen-bond donors (Lipinski definition) is 0. The van der Waals surface area contributed by atoms with Crippen molar-refractivity contribution in [2.24, 2.45) is 0 Å². The number of para-hydroxylation sites is 1. The van der Waals surface area contributed by atoms with Gasteiger partial charge in [-0.25, -0.2) is 0 Å². The monoisotopic (exact) mass is 292 g/mol. The molecule has 2 nitrogen and oxygen atoms in total. The molecule has 0 N–H and O–H groups in total. The lowest BCUT2D eigenvalue weighted by Gasteiger charge is -1.92. The highest BCUT2D eigenvalue weighted by Gasteiger charge is 2.02. The first-order valence-electron chi connectivity index (χ1n) is 7.44. The highest BCUT2D eigenvalue weighted by molar-refractivity contribution is 5.83. The molecule has 0 aliphatic carbocycles. The minimum Gasteiger partial charge on any atom is -0.464 e. The van der Waals surface area contributed by atoms with Crippen molar-refractivity contribution in [3.8, 4) is 0 Å². The van der Waals surface area contributed by atoms with E-state index in [1.54, 1.807) is 12.5 Å². The van der Waals surface area contributed by atoms with Crippen LogP contribution in [-0.2, 0) is 0 Å². The van der Waals surface area contributed by atoms with Crippen LogP contribution < -0.4 is 0 Å². The third kappa shape index (κ3) is 2.64. The van der Waals surface area contributed by atoms with Crippen molar-refractivity contribution in [1.82, 2.24) is 0 Å². The van der Waals surface area contributed by atoms with E-state index in [4.69, 9.17) is 8.83 Å². The van der Waals surface area contributed by atoms with Gasteiger partial charge in [-0.15, -0.1) is 0 Å². The molecule has 0 atom stereocenters. The van der Waals surface area contributed by atoms with Crippen LogP contribution in [0.15, 0.2) is 57.8 Å². The Bertz CT molecular complexity index is 922. The summed E-state index contributed by atoms with van der Waals surface area (Å²) in [5.41, 5.74) is 6.91. The predicted molar refractivity (Wildman–Crippen MR) is 91.4 cm³/mol. The zero-order chi connectivity index (χ0) is 15.7. The highest BCUT2D eigenvalue weighted by Crippen LogP contribution is 2.23. The first kappa shape index (κ1) is 14.5. The third-order valence-corrected chi connectivity index (χ3v) is 3.91. The fraction of sp³-hybridized carbons (Fsp3) is 0.200. The highest BCUT2D eigenvalue weighted by atomic mass is 16.3. The van der Waals surface area contributed by atoms with E-state index in [-0.39, 0.29) is 0 Å². The first-order valence-corrected chi connectivity index (χ1v) is 7.44. The van der Waals surface area contributed by atoms with E-state index >= 15 is 0 Å². The van der Waals surface area contributed by atoms with Crippen LogP contribution in [0.1, 0.15) is 22.3 Å². The van der Waals surface area contributed by atoms with Gasteiger partial charge in [-0.2, -0.15) is 0 Å². The average Bonchev–Trinajstić information content (AvgIpc) is 3.06. The molecule has 22 heavy (non-hydrogen) atoms. The molecule has 2 aromatic heterocycles. The van der Waals surface area contributed by atoms with Gasteiger partial charge in [0.15, 0.2) is 0 Å². The van der Waals surface area contributed by atoms with Gasteiger partial charge in [0.05, 0.1) is 12.5 Å². The van der Waals surface area contributed by atoms with Crippen molar-refractivity contribution in [3.05, 3.63) is 71.2 Å². The summed E-state index contributed by atoms with van der Waals surface area (Å²) in [4.78, 5) is 0. The average molecular weight is 292 g/mol. The lowest BCUT2D eigenvalue weighted by atomic mass is 10.1. The second-order valence-corrected chi connectivity index (χ2v) is 5.79. The van der Waals surface area contributed by atoms with Gasteiger partial charge in [0, 0.05) is 10.8 Å². The molecule has 4 aromatic rings.